The third-order valence-corrected chi connectivity index (χ3v) is 11.8. The standard InChI is InChI=1S/C31H48N2O35S4/c1-4-5-57-28-12(32-8(2)34)21(19(67-71(51,52)53)10(60-28)6-58-69(45,46)47)62-31-18(40)16(38)23(25(66-31)27(43)44)64-29-13(33-9(3)35)22(63-30-17(39)14(36)15(37)24(65-30)26(41)42)20(68-72(54,55)56)11(61-29)7-59-70(48,49)50/h4,10-25,28-31,36-40H,1,5-7H2,2-3H3,(H,32,34)(H,33,35)(H,41,42)(H,43,44)(H,45,46,47)(H,48,49,50)(H,51,52,53)(H,54,55,56)/p-6/t10?,11?,12?,13?,14-,15+,16+,17?,18?,19-,20?,21+,22?,23+,24?,25?,28+,29-,30+,31+/m0/s1. The molecule has 2 amide bonds. The second kappa shape index (κ2) is 24.5. The largest absolute Gasteiger partial charge is 0.726 e. The van der Waals surface area contributed by atoms with E-state index in [1.807, 2.05) is 5.32 Å². The number of amides is 2. The topological polar surface area (TPSA) is 579 Å². The minimum absolute atomic E-state index is 0.521. The number of carboxylic acids is 2. The summed E-state index contributed by atoms with van der Waals surface area (Å²) in [5.74, 6) is -7.08. The van der Waals surface area contributed by atoms with Crippen molar-refractivity contribution >= 4 is 65.3 Å². The van der Waals surface area contributed by atoms with Gasteiger partial charge < -0.3 is 112 Å². The number of carbonyl (C=O) groups is 4. The Hall–Kier alpha value is -3.42. The Kier molecular flexibility index (Phi) is 20.8. The first-order chi connectivity index (χ1) is 33.0. The lowest BCUT2D eigenvalue weighted by molar-refractivity contribution is -0.385. The zero-order chi connectivity index (χ0) is 54.6. The number of carboxylic acid groups (broad SMARTS) is 2. The molecule has 0 aromatic heterocycles. The van der Waals surface area contributed by atoms with Crippen molar-refractivity contribution in [3.8, 4) is 0 Å². The van der Waals surface area contributed by atoms with Gasteiger partial charge in [0.2, 0.25) is 53.4 Å². The summed E-state index contributed by atoms with van der Waals surface area (Å²) in [6.45, 7) is 1.09. The number of hydrogen-bond acceptors (Lipinski definition) is 35. The van der Waals surface area contributed by atoms with Crippen LogP contribution in [-0.2, 0) is 115 Å². The van der Waals surface area contributed by atoms with Crippen molar-refractivity contribution in [2.45, 2.75) is 137 Å². The summed E-state index contributed by atoms with van der Waals surface area (Å²) in [5, 5.41) is 82.8. The molecule has 0 bridgehead atoms. The van der Waals surface area contributed by atoms with E-state index in [1.165, 1.54) is 0 Å². The third-order valence-electron chi connectivity index (χ3n) is 10.1. The Labute approximate surface area is 405 Å². The molecule has 0 aromatic rings. The smallest absolute Gasteiger partial charge is 0.218 e. The van der Waals surface area contributed by atoms with E-state index in [9.17, 15) is 107 Å². The number of aliphatic hydroxyl groups excluding tert-OH is 5. The van der Waals surface area contributed by atoms with E-state index < -0.39 is 208 Å². The monoisotopic (exact) mass is 1130 g/mol. The van der Waals surface area contributed by atoms with Crippen LogP contribution >= 0.6 is 0 Å². The van der Waals surface area contributed by atoms with Gasteiger partial charge in [0.1, 0.15) is 97.5 Å². The summed E-state index contributed by atoms with van der Waals surface area (Å²) < 4.78 is 201. The first kappa shape index (κ1) is 61.1. The summed E-state index contributed by atoms with van der Waals surface area (Å²) in [7, 11) is -23.7. The lowest BCUT2D eigenvalue weighted by Gasteiger charge is -2.51. The first-order valence-corrected chi connectivity index (χ1v) is 25.0. The molecule has 0 aliphatic carbocycles. The summed E-state index contributed by atoms with van der Waals surface area (Å²) in [4.78, 5) is 49.6. The Morgan fingerprint density at radius 1 is 0.528 bits per heavy atom. The van der Waals surface area contributed by atoms with Crippen LogP contribution in [0.15, 0.2) is 12.7 Å². The number of carbonyl (C=O) groups excluding carboxylic acids is 4. The summed E-state index contributed by atoms with van der Waals surface area (Å²) >= 11 is 0. The Balaban J connectivity index is 1.83. The molecule has 72 heavy (non-hydrogen) atoms. The van der Waals surface area contributed by atoms with E-state index >= 15 is 0 Å². The summed E-state index contributed by atoms with van der Waals surface area (Å²) in [6.07, 6.45) is -45.9. The zero-order valence-electron chi connectivity index (χ0n) is 36.1. The fourth-order valence-corrected chi connectivity index (χ4v) is 8.92. The number of rotatable bonds is 23. The van der Waals surface area contributed by atoms with Crippen LogP contribution < -0.4 is 20.8 Å². The molecule has 0 radical (unpaired) electrons. The molecule has 4 aliphatic rings. The molecular weight excluding hydrogens is 1090 g/mol. The van der Waals surface area contributed by atoms with E-state index in [4.69, 9.17) is 37.9 Å². The normalized spacial score (nSPS) is 38.0. The van der Waals surface area contributed by atoms with Gasteiger partial charge in [0, 0.05) is 13.8 Å². The van der Waals surface area contributed by atoms with Crippen LogP contribution in [0, 0.1) is 0 Å². The van der Waals surface area contributed by atoms with Gasteiger partial charge in [-0.1, -0.05) is 6.08 Å². The van der Waals surface area contributed by atoms with Crippen molar-refractivity contribution in [2.75, 3.05) is 19.8 Å². The number of aliphatic hydroxyl groups is 5. The van der Waals surface area contributed by atoms with Gasteiger partial charge in [-0.3, -0.25) is 26.3 Å². The molecular formula is C31H42N2O35S4-6. The van der Waals surface area contributed by atoms with Crippen LogP contribution in [-0.4, -0.2) is 244 Å². The number of aliphatic carboxylic acids is 2. The van der Waals surface area contributed by atoms with Gasteiger partial charge in [-0.15, -0.1) is 6.58 Å². The van der Waals surface area contributed by atoms with Gasteiger partial charge in [-0.25, -0.2) is 33.7 Å². The highest BCUT2D eigenvalue weighted by atomic mass is 32.3. The summed E-state index contributed by atoms with van der Waals surface area (Å²) in [6, 6.07) is -4.46. The van der Waals surface area contributed by atoms with Crippen LogP contribution in [0.5, 0.6) is 0 Å². The molecule has 4 fully saturated rings. The highest BCUT2D eigenvalue weighted by molar-refractivity contribution is 7.81. The van der Waals surface area contributed by atoms with Crippen LogP contribution in [0.1, 0.15) is 13.8 Å². The predicted molar refractivity (Wildman–Crippen MR) is 201 cm³/mol. The zero-order valence-corrected chi connectivity index (χ0v) is 39.3. The van der Waals surface area contributed by atoms with Crippen LogP contribution in [0.2, 0.25) is 0 Å². The lowest BCUT2D eigenvalue weighted by Crippen LogP contribution is -2.72. The maximum absolute atomic E-state index is 12.8. The van der Waals surface area contributed by atoms with Crippen molar-refractivity contribution in [2.24, 2.45) is 0 Å². The maximum atomic E-state index is 12.8. The molecule has 37 nitrogen and oxygen atoms in total. The highest BCUT2D eigenvalue weighted by Crippen LogP contribution is 2.37. The lowest BCUT2D eigenvalue weighted by atomic mass is 9.94. The van der Waals surface area contributed by atoms with E-state index in [-0.39, 0.29) is 0 Å². The average molecular weight is 1130 g/mol. The number of ether oxygens (including phenoxy) is 8. The SMILES string of the molecule is C=CCO[C@@H]1OC(COS(=O)(=O)[O-])[C@H](OS(=O)(=O)[O-])[C@H](O[C@@H]2OC(C(=O)[O-])[C@H](O[C@@H]3OC(COS(=O)(=O)[O-])C(OS(=O)(=O)[O-])C(O[C@@H]4OC(C(=O)[O-])[C@H](O)[C@H](O)C4O)C3NC(C)=O)[C@H](O)C2O)C1NC(C)=O. The fraction of sp³-hybridized carbons (Fsp3) is 0.806. The van der Waals surface area contributed by atoms with Gasteiger partial charge in [0.15, 0.2) is 25.2 Å². The van der Waals surface area contributed by atoms with Crippen molar-refractivity contribution < 1.29 is 161 Å². The Morgan fingerprint density at radius 2 is 0.917 bits per heavy atom. The fourth-order valence-electron chi connectivity index (χ4n) is 7.31. The third kappa shape index (κ3) is 16.8. The van der Waals surface area contributed by atoms with E-state index in [1.54, 1.807) is 0 Å². The minimum Gasteiger partial charge on any atom is -0.726 e. The highest BCUT2D eigenvalue weighted by Gasteiger charge is 2.58. The minimum atomic E-state index is -6.13. The van der Waals surface area contributed by atoms with Gasteiger partial charge in [0.25, 0.3) is 0 Å². The average Bonchev–Trinajstić information content (AvgIpc) is 3.22. The Morgan fingerprint density at radius 3 is 1.31 bits per heavy atom. The molecule has 4 saturated heterocycles. The molecule has 0 aromatic carbocycles. The predicted octanol–water partition coefficient (Wildman–Crippen LogP) is -12.8. The van der Waals surface area contributed by atoms with Crippen LogP contribution in [0.25, 0.3) is 0 Å². The molecule has 0 spiro atoms. The van der Waals surface area contributed by atoms with Crippen molar-refractivity contribution in [3.05, 3.63) is 12.7 Å². The molecule has 0 saturated carbocycles. The van der Waals surface area contributed by atoms with E-state index in [2.05, 4.69) is 28.6 Å². The number of hydrogen-bond donors (Lipinski definition) is 7. The molecule has 4 rings (SSSR count). The van der Waals surface area contributed by atoms with Crippen molar-refractivity contribution in [1.82, 2.24) is 10.6 Å². The van der Waals surface area contributed by atoms with Gasteiger partial charge in [-0.05, 0) is 0 Å². The van der Waals surface area contributed by atoms with Crippen LogP contribution in [0.3, 0.4) is 0 Å². The molecule has 20 atom stereocenters. The van der Waals surface area contributed by atoms with Gasteiger partial charge in [-0.2, -0.15) is 0 Å². The van der Waals surface area contributed by atoms with Crippen molar-refractivity contribution in [3.63, 3.8) is 0 Å². The quantitative estimate of drug-likeness (QED) is 0.0284. The maximum Gasteiger partial charge on any atom is 0.218 e. The molecule has 416 valence electrons. The van der Waals surface area contributed by atoms with E-state index in [0.29, 0.717) is 6.92 Å². The van der Waals surface area contributed by atoms with Crippen LogP contribution in [0.4, 0.5) is 0 Å². The molecule has 4 aliphatic heterocycles. The molecule has 10 unspecified atom stereocenters. The first-order valence-electron chi connectivity index (χ1n) is 19.7. The summed E-state index contributed by atoms with van der Waals surface area (Å²) in [5.41, 5.74) is 0. The van der Waals surface area contributed by atoms with Gasteiger partial charge in [0.05, 0.1) is 31.8 Å². The second-order valence-corrected chi connectivity index (χ2v) is 19.3. The van der Waals surface area contributed by atoms with Gasteiger partial charge >= 0.3 is 0 Å². The Bertz CT molecular complexity index is 2390. The number of nitrogens with one attached hydrogen (secondary N) is 2. The second-order valence-electron chi connectivity index (χ2n) is 15.2. The molecule has 4 heterocycles. The van der Waals surface area contributed by atoms with Crippen molar-refractivity contribution in [1.29, 1.82) is 0 Å². The van der Waals surface area contributed by atoms with E-state index in [0.717, 1.165) is 13.0 Å². The molecule has 7 N–H and O–H groups in total. The molecule has 41 heteroatoms.